The fraction of sp³-hybridized carbons (Fsp3) is 0. The van der Waals surface area contributed by atoms with E-state index < -0.39 is 0 Å². The van der Waals surface area contributed by atoms with E-state index in [1.54, 1.807) is 0 Å². The van der Waals surface area contributed by atoms with Gasteiger partial charge in [-0.2, -0.15) is 0 Å². The zero-order valence-electron chi connectivity index (χ0n) is 19.0. The van der Waals surface area contributed by atoms with Crippen LogP contribution >= 0.6 is 0 Å². The number of nitrogens with zero attached hydrogens (tertiary/aromatic N) is 3. The number of rotatable bonds is 3. The number of fused-ring (bicyclic) bond motifs is 4. The first kappa shape index (κ1) is 19.7. The van der Waals surface area contributed by atoms with Gasteiger partial charge in [0.1, 0.15) is 0 Å². The molecular weight excluding hydrogens is 426 g/mol. The average molecular weight is 448 g/mol. The van der Waals surface area contributed by atoms with Crippen molar-refractivity contribution in [1.82, 2.24) is 9.97 Å². The predicted molar refractivity (Wildman–Crippen MR) is 147 cm³/mol. The second-order valence-electron chi connectivity index (χ2n) is 8.78. The molecule has 1 aromatic heterocycles. The van der Waals surface area contributed by atoms with Gasteiger partial charge in [0.25, 0.3) is 0 Å². The van der Waals surface area contributed by atoms with Crippen molar-refractivity contribution in [2.45, 2.75) is 0 Å². The highest BCUT2D eigenvalue weighted by molar-refractivity contribution is 5.94. The van der Waals surface area contributed by atoms with E-state index in [4.69, 9.17) is 9.97 Å². The molecule has 0 saturated carbocycles. The highest BCUT2D eigenvalue weighted by Gasteiger charge is 2.15. The van der Waals surface area contributed by atoms with Crippen LogP contribution in [0, 0.1) is 0 Å². The average Bonchev–Trinajstić information content (AvgIpc) is 2.92. The molecule has 1 heterocycles. The molecular formula is C32H21N3. The second-order valence-corrected chi connectivity index (χ2v) is 8.78. The first-order chi connectivity index (χ1) is 17.3. The van der Waals surface area contributed by atoms with E-state index in [0.29, 0.717) is 0 Å². The molecule has 0 fully saturated rings. The van der Waals surface area contributed by atoms with Gasteiger partial charge < -0.3 is 4.90 Å². The topological polar surface area (TPSA) is 29.0 Å². The molecule has 0 N–H and O–H groups in total. The molecule has 7 aromatic rings. The standard InChI is InChI=1S/C32H21N3/c1-3-9-24-19-26(15-13-22(24)7-1)35(27-16-14-23-8-2-4-10-25(23)20-27)28-17-18-31-32(21-28)34-30-12-6-5-11-29(30)33-31/h1-21H. The first-order valence-electron chi connectivity index (χ1n) is 11.8. The normalized spacial score (nSPS) is 11.4. The van der Waals surface area contributed by atoms with E-state index in [9.17, 15) is 0 Å². The van der Waals surface area contributed by atoms with E-state index in [2.05, 4.69) is 108 Å². The van der Waals surface area contributed by atoms with Gasteiger partial charge in [-0.05, 0) is 76.1 Å². The van der Waals surface area contributed by atoms with Gasteiger partial charge in [0.2, 0.25) is 0 Å². The molecule has 0 aliphatic heterocycles. The third kappa shape index (κ3) is 3.46. The van der Waals surface area contributed by atoms with Crippen molar-refractivity contribution in [3.63, 3.8) is 0 Å². The van der Waals surface area contributed by atoms with Crippen LogP contribution in [0.5, 0.6) is 0 Å². The quantitative estimate of drug-likeness (QED) is 0.254. The Morgan fingerprint density at radius 2 is 0.771 bits per heavy atom. The molecule has 0 amide bonds. The Hall–Kier alpha value is -4.76. The van der Waals surface area contributed by atoms with Crippen LogP contribution < -0.4 is 4.90 Å². The van der Waals surface area contributed by atoms with Gasteiger partial charge in [0.15, 0.2) is 0 Å². The van der Waals surface area contributed by atoms with Crippen molar-refractivity contribution >= 4 is 60.7 Å². The fourth-order valence-corrected chi connectivity index (χ4v) is 4.83. The van der Waals surface area contributed by atoms with Gasteiger partial charge in [0, 0.05) is 17.1 Å². The van der Waals surface area contributed by atoms with Gasteiger partial charge in [-0.1, -0.05) is 72.8 Å². The van der Waals surface area contributed by atoms with Crippen LogP contribution in [-0.4, -0.2) is 9.97 Å². The lowest BCUT2D eigenvalue weighted by atomic mass is 10.1. The van der Waals surface area contributed by atoms with Crippen LogP contribution in [0.15, 0.2) is 127 Å². The number of hydrogen-bond donors (Lipinski definition) is 0. The van der Waals surface area contributed by atoms with Gasteiger partial charge in [-0.3, -0.25) is 0 Å². The second kappa shape index (κ2) is 7.93. The summed E-state index contributed by atoms with van der Waals surface area (Å²) in [4.78, 5) is 12.0. The van der Waals surface area contributed by atoms with Gasteiger partial charge in [-0.15, -0.1) is 0 Å². The summed E-state index contributed by atoms with van der Waals surface area (Å²) in [6.45, 7) is 0. The number of hydrogen-bond acceptors (Lipinski definition) is 3. The molecule has 6 aromatic carbocycles. The predicted octanol–water partition coefficient (Wildman–Crippen LogP) is 8.56. The Balaban J connectivity index is 1.46. The van der Waals surface area contributed by atoms with Crippen molar-refractivity contribution in [3.8, 4) is 0 Å². The number of anilines is 3. The fourth-order valence-electron chi connectivity index (χ4n) is 4.83. The molecule has 0 spiro atoms. The molecule has 0 radical (unpaired) electrons. The maximum absolute atomic E-state index is 4.92. The summed E-state index contributed by atoms with van der Waals surface area (Å²) in [5, 5.41) is 4.88. The van der Waals surface area contributed by atoms with E-state index in [1.807, 2.05) is 24.3 Å². The third-order valence-corrected chi connectivity index (χ3v) is 6.56. The zero-order chi connectivity index (χ0) is 23.2. The van der Waals surface area contributed by atoms with Gasteiger partial charge in [-0.25, -0.2) is 9.97 Å². The summed E-state index contributed by atoms with van der Waals surface area (Å²) in [5.41, 5.74) is 6.85. The zero-order valence-corrected chi connectivity index (χ0v) is 19.0. The summed E-state index contributed by atoms with van der Waals surface area (Å²) in [6.07, 6.45) is 0. The maximum atomic E-state index is 4.92. The molecule has 164 valence electrons. The van der Waals surface area contributed by atoms with E-state index in [1.165, 1.54) is 21.5 Å². The number of benzene rings is 6. The van der Waals surface area contributed by atoms with Crippen LogP contribution in [0.2, 0.25) is 0 Å². The molecule has 0 unspecified atom stereocenters. The van der Waals surface area contributed by atoms with E-state index in [0.717, 1.165) is 39.1 Å². The SMILES string of the molecule is c1ccc2cc(N(c3ccc4ccccc4c3)c3ccc4nc5ccccc5nc4c3)ccc2c1. The molecule has 35 heavy (non-hydrogen) atoms. The summed E-state index contributed by atoms with van der Waals surface area (Å²) >= 11 is 0. The van der Waals surface area contributed by atoms with E-state index in [-0.39, 0.29) is 0 Å². The Bertz CT molecular complexity index is 1790. The molecule has 0 bridgehead atoms. The van der Waals surface area contributed by atoms with Crippen LogP contribution in [-0.2, 0) is 0 Å². The molecule has 7 rings (SSSR count). The lowest BCUT2D eigenvalue weighted by Gasteiger charge is -2.26. The molecule has 0 saturated heterocycles. The van der Waals surface area contributed by atoms with Crippen LogP contribution in [0.4, 0.5) is 17.1 Å². The summed E-state index contributed by atoms with van der Waals surface area (Å²) in [7, 11) is 0. The maximum Gasteiger partial charge on any atom is 0.0915 e. The van der Waals surface area contributed by atoms with Gasteiger partial charge >= 0.3 is 0 Å². The van der Waals surface area contributed by atoms with E-state index >= 15 is 0 Å². The number of para-hydroxylation sites is 2. The highest BCUT2D eigenvalue weighted by Crippen LogP contribution is 2.38. The minimum atomic E-state index is 0.882. The summed E-state index contributed by atoms with van der Waals surface area (Å²) in [6, 6.07) is 44.6. The van der Waals surface area contributed by atoms with Crippen molar-refractivity contribution in [2.75, 3.05) is 4.90 Å². The third-order valence-electron chi connectivity index (χ3n) is 6.56. The van der Waals surface area contributed by atoms with Crippen LogP contribution in [0.1, 0.15) is 0 Å². The minimum absolute atomic E-state index is 0.882. The smallest absolute Gasteiger partial charge is 0.0915 e. The van der Waals surface area contributed by atoms with Crippen LogP contribution in [0.25, 0.3) is 43.6 Å². The Morgan fingerprint density at radius 1 is 0.343 bits per heavy atom. The lowest BCUT2D eigenvalue weighted by Crippen LogP contribution is -2.10. The number of aromatic nitrogens is 2. The Kier molecular flexibility index (Phi) is 4.46. The molecule has 0 aliphatic carbocycles. The van der Waals surface area contributed by atoms with Crippen molar-refractivity contribution < 1.29 is 0 Å². The molecule has 3 nitrogen and oxygen atoms in total. The highest BCUT2D eigenvalue weighted by atomic mass is 15.1. The summed E-state index contributed by atoms with van der Waals surface area (Å²) < 4.78 is 0. The lowest BCUT2D eigenvalue weighted by molar-refractivity contribution is 1.29. The van der Waals surface area contributed by atoms with Crippen molar-refractivity contribution in [3.05, 3.63) is 127 Å². The molecule has 0 aliphatic rings. The van der Waals surface area contributed by atoms with Crippen molar-refractivity contribution in [1.29, 1.82) is 0 Å². The molecule has 0 atom stereocenters. The first-order valence-corrected chi connectivity index (χ1v) is 11.8. The van der Waals surface area contributed by atoms with Crippen molar-refractivity contribution in [2.24, 2.45) is 0 Å². The minimum Gasteiger partial charge on any atom is -0.310 e. The van der Waals surface area contributed by atoms with Gasteiger partial charge in [0.05, 0.1) is 22.1 Å². The largest absolute Gasteiger partial charge is 0.310 e. The van der Waals surface area contributed by atoms with Crippen LogP contribution in [0.3, 0.4) is 0 Å². The Morgan fingerprint density at radius 3 is 1.37 bits per heavy atom. The Labute approximate surface area is 202 Å². The monoisotopic (exact) mass is 447 g/mol. The molecule has 3 heteroatoms. The summed E-state index contributed by atoms with van der Waals surface area (Å²) in [5.74, 6) is 0.